The van der Waals surface area contributed by atoms with E-state index in [-0.39, 0.29) is 11.2 Å². The monoisotopic (exact) mass is 812 g/mol. The van der Waals surface area contributed by atoms with E-state index in [1.807, 2.05) is 42.1 Å². The van der Waals surface area contributed by atoms with E-state index in [0.29, 0.717) is 0 Å². The summed E-state index contributed by atoms with van der Waals surface area (Å²) in [4.78, 5) is 18.7. The van der Waals surface area contributed by atoms with Gasteiger partial charge < -0.3 is 9.47 Å². The Hall–Kier alpha value is -7.40. The molecule has 12 rings (SSSR count). The summed E-state index contributed by atoms with van der Waals surface area (Å²) in [6.07, 6.45) is 0. The first-order valence-corrected chi connectivity index (χ1v) is 22.0. The Morgan fingerprint density at radius 1 is 0.419 bits per heavy atom. The Labute approximate surface area is 365 Å². The maximum Gasteiger partial charge on any atom is 0.193 e. The van der Waals surface area contributed by atoms with Gasteiger partial charge in [-0.15, -0.1) is 0 Å². The average Bonchev–Trinajstić information content (AvgIpc) is 3.66. The van der Waals surface area contributed by atoms with Gasteiger partial charge in [0, 0.05) is 48.5 Å². The fourth-order valence-electron chi connectivity index (χ4n) is 10.0. The fourth-order valence-corrected chi connectivity index (χ4v) is 11.2. The van der Waals surface area contributed by atoms with Gasteiger partial charge in [0.1, 0.15) is 0 Å². The van der Waals surface area contributed by atoms with Crippen molar-refractivity contribution in [2.24, 2.45) is 0 Å². The highest BCUT2D eigenvalue weighted by molar-refractivity contribution is 7.99. The van der Waals surface area contributed by atoms with Crippen LogP contribution in [0, 0.1) is 0 Å². The van der Waals surface area contributed by atoms with Crippen LogP contribution in [-0.2, 0) is 5.41 Å². The van der Waals surface area contributed by atoms with Crippen molar-refractivity contribution in [3.05, 3.63) is 229 Å². The van der Waals surface area contributed by atoms with Gasteiger partial charge in [-0.1, -0.05) is 165 Å². The minimum atomic E-state index is -0.339. The SMILES string of the molecule is CC1(C)c2ccccc2C(=O)c2cccc(-c3ccc(N4c5ccc(-c6ccccc6)cc5Sc5cc(-c6ccc7c(c6)c6ccccc6n7-c6ccccc6)ccc54)cc3)c21. The molecule has 0 saturated carbocycles. The van der Waals surface area contributed by atoms with Gasteiger partial charge >= 0.3 is 0 Å². The number of benzene rings is 9. The third-order valence-electron chi connectivity index (χ3n) is 13.0. The molecule has 1 aliphatic heterocycles. The van der Waals surface area contributed by atoms with Crippen molar-refractivity contribution in [2.45, 2.75) is 29.1 Å². The lowest BCUT2D eigenvalue weighted by atomic mass is 9.66. The van der Waals surface area contributed by atoms with Crippen molar-refractivity contribution < 1.29 is 4.79 Å². The molecule has 0 unspecified atom stereocenters. The maximum atomic E-state index is 13.9. The molecule has 0 amide bonds. The number of anilines is 3. The summed E-state index contributed by atoms with van der Waals surface area (Å²) in [5.41, 5.74) is 17.3. The maximum absolute atomic E-state index is 13.9. The Bertz CT molecular complexity index is 3420. The standard InChI is InChI=1S/C58H40N2OS/c1-58(2)49-22-11-9-19-46(49)57(61)47-21-13-20-44(56(47)58)38-24-29-43(30-25-38)60-52-32-27-40(37-14-5-3-6-15-37)35-54(52)62-55-36-41(28-33-53(55)60)39-26-31-51-48(34-39)45-18-10-12-23-50(45)59(51)42-16-7-4-8-17-42/h3-36H,1-2H3. The van der Waals surface area contributed by atoms with Gasteiger partial charge in [0.2, 0.25) is 0 Å². The van der Waals surface area contributed by atoms with Crippen LogP contribution < -0.4 is 4.90 Å². The number of aromatic nitrogens is 1. The summed E-state index contributed by atoms with van der Waals surface area (Å²) in [6, 6.07) is 73.8. The summed E-state index contributed by atoms with van der Waals surface area (Å²) >= 11 is 1.84. The molecule has 62 heavy (non-hydrogen) atoms. The molecule has 0 spiro atoms. The molecule has 1 aromatic heterocycles. The Morgan fingerprint density at radius 2 is 0.984 bits per heavy atom. The molecule has 1 aliphatic carbocycles. The summed E-state index contributed by atoms with van der Waals surface area (Å²) in [5.74, 6) is 0.0977. The molecule has 0 radical (unpaired) electrons. The Kier molecular flexibility index (Phi) is 8.28. The second kappa shape index (κ2) is 14.1. The number of carbonyl (C=O) groups is 1. The predicted molar refractivity (Wildman–Crippen MR) is 258 cm³/mol. The summed E-state index contributed by atoms with van der Waals surface area (Å²) in [6.45, 7) is 4.49. The molecule has 0 saturated heterocycles. The highest BCUT2D eigenvalue weighted by atomic mass is 32.2. The second-order valence-corrected chi connectivity index (χ2v) is 17.9. The lowest BCUT2D eigenvalue weighted by Crippen LogP contribution is -2.31. The Balaban J connectivity index is 0.971. The van der Waals surface area contributed by atoms with Gasteiger partial charge in [-0.05, 0) is 111 Å². The van der Waals surface area contributed by atoms with Gasteiger partial charge in [0.15, 0.2) is 5.78 Å². The number of ketones is 1. The van der Waals surface area contributed by atoms with E-state index in [0.717, 1.165) is 56.1 Å². The van der Waals surface area contributed by atoms with E-state index in [9.17, 15) is 4.79 Å². The minimum absolute atomic E-state index is 0.0977. The summed E-state index contributed by atoms with van der Waals surface area (Å²) in [5, 5.41) is 2.48. The zero-order valence-electron chi connectivity index (χ0n) is 34.3. The van der Waals surface area contributed by atoms with Gasteiger partial charge in [0.05, 0.1) is 22.4 Å². The van der Waals surface area contributed by atoms with Gasteiger partial charge in [-0.2, -0.15) is 0 Å². The molecule has 2 heterocycles. The van der Waals surface area contributed by atoms with Gasteiger partial charge in [-0.25, -0.2) is 0 Å². The zero-order valence-corrected chi connectivity index (χ0v) is 35.2. The third kappa shape index (κ3) is 5.64. The predicted octanol–water partition coefficient (Wildman–Crippen LogP) is 15.6. The first-order valence-electron chi connectivity index (χ1n) is 21.2. The van der Waals surface area contributed by atoms with Crippen LogP contribution in [-0.4, -0.2) is 10.4 Å². The second-order valence-electron chi connectivity index (χ2n) is 16.9. The number of fused-ring (bicyclic) bond motifs is 7. The molecule has 3 nitrogen and oxygen atoms in total. The first kappa shape index (κ1) is 36.5. The highest BCUT2D eigenvalue weighted by Crippen LogP contribution is 2.54. The van der Waals surface area contributed by atoms with Crippen molar-refractivity contribution in [1.29, 1.82) is 0 Å². The van der Waals surface area contributed by atoms with Crippen molar-refractivity contribution in [1.82, 2.24) is 4.57 Å². The number of carbonyl (C=O) groups excluding carboxylic acids is 1. The molecule has 0 fully saturated rings. The average molecular weight is 813 g/mol. The molecular weight excluding hydrogens is 773 g/mol. The molecule has 10 aromatic rings. The number of hydrogen-bond donors (Lipinski definition) is 0. The normalized spacial score (nSPS) is 13.7. The molecule has 294 valence electrons. The topological polar surface area (TPSA) is 25.2 Å². The van der Waals surface area contributed by atoms with Crippen LogP contribution >= 0.6 is 11.8 Å². The van der Waals surface area contributed by atoms with Crippen LogP contribution in [0.5, 0.6) is 0 Å². The minimum Gasteiger partial charge on any atom is -0.309 e. The fraction of sp³-hybridized carbons (Fsp3) is 0.0517. The quantitative estimate of drug-likeness (QED) is 0.173. The van der Waals surface area contributed by atoms with E-state index >= 15 is 0 Å². The molecule has 9 aromatic carbocycles. The summed E-state index contributed by atoms with van der Waals surface area (Å²) in [7, 11) is 0. The number of rotatable bonds is 5. The van der Waals surface area contributed by atoms with Crippen molar-refractivity contribution >= 4 is 56.4 Å². The molecule has 2 aliphatic rings. The molecular formula is C58H40N2OS. The van der Waals surface area contributed by atoms with Crippen molar-refractivity contribution in [3.8, 4) is 39.1 Å². The van der Waals surface area contributed by atoms with Crippen LogP contribution in [0.25, 0.3) is 60.9 Å². The van der Waals surface area contributed by atoms with Crippen LogP contribution in [0.3, 0.4) is 0 Å². The number of nitrogens with zero attached hydrogens (tertiary/aromatic N) is 2. The molecule has 0 atom stereocenters. The third-order valence-corrected chi connectivity index (χ3v) is 14.1. The van der Waals surface area contributed by atoms with E-state index in [4.69, 9.17) is 0 Å². The lowest BCUT2D eigenvalue weighted by Gasteiger charge is -2.36. The lowest BCUT2D eigenvalue weighted by molar-refractivity contribution is 0.103. The van der Waals surface area contributed by atoms with Gasteiger partial charge in [-0.3, -0.25) is 4.79 Å². The molecule has 0 bridgehead atoms. The van der Waals surface area contributed by atoms with Crippen LogP contribution in [0.15, 0.2) is 216 Å². The van der Waals surface area contributed by atoms with Gasteiger partial charge in [0.25, 0.3) is 0 Å². The van der Waals surface area contributed by atoms with E-state index in [1.165, 1.54) is 53.9 Å². The molecule has 0 N–H and O–H groups in total. The molecule has 4 heteroatoms. The van der Waals surface area contributed by atoms with Crippen LogP contribution in [0.2, 0.25) is 0 Å². The highest BCUT2D eigenvalue weighted by Gasteiger charge is 2.38. The smallest absolute Gasteiger partial charge is 0.193 e. The number of hydrogen-bond acceptors (Lipinski definition) is 3. The van der Waals surface area contributed by atoms with Crippen molar-refractivity contribution in [2.75, 3.05) is 4.90 Å². The van der Waals surface area contributed by atoms with Crippen LogP contribution in [0.4, 0.5) is 17.1 Å². The summed E-state index contributed by atoms with van der Waals surface area (Å²) < 4.78 is 2.37. The largest absolute Gasteiger partial charge is 0.309 e. The van der Waals surface area contributed by atoms with Crippen molar-refractivity contribution in [3.63, 3.8) is 0 Å². The number of para-hydroxylation sites is 2. The zero-order chi connectivity index (χ0) is 41.5. The van der Waals surface area contributed by atoms with E-state index < -0.39 is 0 Å². The van der Waals surface area contributed by atoms with E-state index in [1.54, 1.807) is 0 Å². The van der Waals surface area contributed by atoms with Crippen LogP contribution in [0.1, 0.15) is 40.9 Å². The Morgan fingerprint density at radius 3 is 1.74 bits per heavy atom. The van der Waals surface area contributed by atoms with E-state index in [2.05, 4.69) is 199 Å². The first-order chi connectivity index (χ1) is 30.4.